The van der Waals surface area contributed by atoms with Gasteiger partial charge in [0.05, 0.1) is 18.3 Å². The minimum absolute atomic E-state index is 0.107. The van der Waals surface area contributed by atoms with Gasteiger partial charge in [-0.3, -0.25) is 9.59 Å². The van der Waals surface area contributed by atoms with Crippen molar-refractivity contribution in [2.75, 3.05) is 6.61 Å². The molecule has 2 saturated carbocycles. The van der Waals surface area contributed by atoms with Gasteiger partial charge in [0.1, 0.15) is 5.56 Å². The maximum Gasteiger partial charge on any atom is 0.258 e. The first-order valence-corrected chi connectivity index (χ1v) is 12.1. The quantitative estimate of drug-likeness (QED) is 0.565. The second-order valence-corrected chi connectivity index (χ2v) is 10.5. The van der Waals surface area contributed by atoms with Crippen LogP contribution in [-0.2, 0) is 4.79 Å². The standard InChI is InChI=1S/C25H40N4O3/c1-7-8-20-18-9-10-19(13-18)22(20)27-23(31)21-14-26-29(24(21)32-15-16(2)3)12-11-25(5,6)28-17(4)30/h11-12,14,16,18-20,22H,7-10,13,15H2,1-6H3,(H,27,31)(H,28,30)/b12-11+. The smallest absolute Gasteiger partial charge is 0.258 e. The first-order chi connectivity index (χ1) is 15.1. The fourth-order valence-electron chi connectivity index (χ4n) is 5.37. The summed E-state index contributed by atoms with van der Waals surface area (Å²) in [5.74, 6) is 2.47. The Bertz CT molecular complexity index is 842. The summed E-state index contributed by atoms with van der Waals surface area (Å²) in [4.78, 5) is 24.8. The number of nitrogens with zero attached hydrogens (tertiary/aromatic N) is 2. The Balaban J connectivity index is 1.80. The van der Waals surface area contributed by atoms with Crippen LogP contribution in [0.5, 0.6) is 5.88 Å². The van der Waals surface area contributed by atoms with Crippen LogP contribution in [-0.4, -0.2) is 39.8 Å². The minimum atomic E-state index is -0.550. The first-order valence-electron chi connectivity index (χ1n) is 12.1. The van der Waals surface area contributed by atoms with Crippen molar-refractivity contribution in [2.24, 2.45) is 23.7 Å². The molecule has 4 unspecified atom stereocenters. The van der Waals surface area contributed by atoms with Gasteiger partial charge in [-0.25, -0.2) is 4.68 Å². The van der Waals surface area contributed by atoms with Crippen molar-refractivity contribution < 1.29 is 14.3 Å². The molecule has 7 heteroatoms. The maximum absolute atomic E-state index is 13.3. The molecule has 0 saturated heterocycles. The lowest BCUT2D eigenvalue weighted by atomic mass is 9.81. The maximum atomic E-state index is 13.3. The van der Waals surface area contributed by atoms with Crippen molar-refractivity contribution in [1.82, 2.24) is 20.4 Å². The Hall–Kier alpha value is -2.31. The Labute approximate surface area is 192 Å². The summed E-state index contributed by atoms with van der Waals surface area (Å²) in [6.07, 6.45) is 11.3. The van der Waals surface area contributed by atoms with Crippen molar-refractivity contribution in [3.05, 3.63) is 17.8 Å². The summed E-state index contributed by atoms with van der Waals surface area (Å²) in [5.41, 5.74) is -0.0861. The third-order valence-electron chi connectivity index (χ3n) is 6.69. The molecule has 4 atom stereocenters. The molecule has 0 aliphatic heterocycles. The number of hydrogen-bond donors (Lipinski definition) is 2. The van der Waals surface area contributed by atoms with E-state index in [4.69, 9.17) is 4.74 Å². The van der Waals surface area contributed by atoms with Gasteiger partial charge in [0.15, 0.2) is 0 Å². The normalized spacial score (nSPS) is 25.0. The van der Waals surface area contributed by atoms with Crippen LogP contribution in [0.15, 0.2) is 12.3 Å². The zero-order valence-electron chi connectivity index (χ0n) is 20.5. The molecule has 1 heterocycles. The van der Waals surface area contributed by atoms with Crippen molar-refractivity contribution in [3.8, 4) is 5.88 Å². The first kappa shape index (κ1) is 24.3. The highest BCUT2D eigenvalue weighted by atomic mass is 16.5. The molecule has 1 aromatic heterocycles. The van der Waals surface area contributed by atoms with E-state index in [0.29, 0.717) is 35.8 Å². The largest absolute Gasteiger partial charge is 0.477 e. The number of hydrogen-bond acceptors (Lipinski definition) is 4. The van der Waals surface area contributed by atoms with Crippen molar-refractivity contribution in [1.29, 1.82) is 0 Å². The van der Waals surface area contributed by atoms with Gasteiger partial charge in [0.2, 0.25) is 11.8 Å². The van der Waals surface area contributed by atoms with Crippen molar-refractivity contribution >= 4 is 18.0 Å². The molecule has 3 rings (SSSR count). The molecule has 32 heavy (non-hydrogen) atoms. The van der Waals surface area contributed by atoms with Crippen LogP contribution < -0.4 is 15.4 Å². The van der Waals surface area contributed by atoms with Gasteiger partial charge in [-0.15, -0.1) is 0 Å². The average Bonchev–Trinajstić information content (AvgIpc) is 3.39. The molecule has 0 radical (unpaired) electrons. The molecule has 0 aromatic carbocycles. The molecular formula is C25H40N4O3. The van der Waals surface area contributed by atoms with Crippen LogP contribution in [0.1, 0.15) is 84.0 Å². The summed E-state index contributed by atoms with van der Waals surface area (Å²) in [5, 5.41) is 10.6. The van der Waals surface area contributed by atoms with E-state index in [-0.39, 0.29) is 17.9 Å². The van der Waals surface area contributed by atoms with Crippen LogP contribution in [0.25, 0.3) is 6.20 Å². The van der Waals surface area contributed by atoms with Crippen molar-refractivity contribution in [3.63, 3.8) is 0 Å². The number of aromatic nitrogens is 2. The van der Waals surface area contributed by atoms with Gasteiger partial charge in [-0.05, 0) is 69.3 Å². The second kappa shape index (κ2) is 10.1. The van der Waals surface area contributed by atoms with E-state index in [9.17, 15) is 9.59 Å². The number of amides is 2. The van der Waals surface area contributed by atoms with E-state index >= 15 is 0 Å². The summed E-state index contributed by atoms with van der Waals surface area (Å²) in [7, 11) is 0. The monoisotopic (exact) mass is 444 g/mol. The molecule has 2 aliphatic rings. The minimum Gasteiger partial charge on any atom is -0.477 e. The number of carbonyl (C=O) groups is 2. The van der Waals surface area contributed by atoms with E-state index < -0.39 is 5.54 Å². The number of ether oxygens (including phenoxy) is 1. The number of nitrogens with one attached hydrogen (secondary N) is 2. The number of rotatable bonds is 10. The van der Waals surface area contributed by atoms with E-state index in [1.807, 2.05) is 19.9 Å². The van der Waals surface area contributed by atoms with Crippen LogP contribution in [0.4, 0.5) is 0 Å². The third kappa shape index (κ3) is 5.73. The molecule has 178 valence electrons. The van der Waals surface area contributed by atoms with E-state index in [0.717, 1.165) is 12.3 Å². The molecule has 2 aliphatic carbocycles. The van der Waals surface area contributed by atoms with Gasteiger partial charge in [0, 0.05) is 19.2 Å². The fraction of sp³-hybridized carbons (Fsp3) is 0.720. The van der Waals surface area contributed by atoms with Crippen LogP contribution in [0.3, 0.4) is 0 Å². The van der Waals surface area contributed by atoms with Crippen LogP contribution in [0.2, 0.25) is 0 Å². The van der Waals surface area contributed by atoms with Gasteiger partial charge in [0.25, 0.3) is 5.91 Å². The Kier molecular flexibility index (Phi) is 7.67. The van der Waals surface area contributed by atoms with Crippen LogP contribution in [0, 0.1) is 23.7 Å². The fourth-order valence-corrected chi connectivity index (χ4v) is 5.37. The van der Waals surface area contributed by atoms with Gasteiger partial charge >= 0.3 is 0 Å². The van der Waals surface area contributed by atoms with Gasteiger partial charge in [-0.1, -0.05) is 27.2 Å². The summed E-state index contributed by atoms with van der Waals surface area (Å²) >= 11 is 0. The predicted molar refractivity (Wildman–Crippen MR) is 126 cm³/mol. The Morgan fingerprint density at radius 1 is 1.31 bits per heavy atom. The molecular weight excluding hydrogens is 404 g/mol. The second-order valence-electron chi connectivity index (χ2n) is 10.5. The Morgan fingerprint density at radius 2 is 2.03 bits per heavy atom. The molecule has 2 bridgehead atoms. The third-order valence-corrected chi connectivity index (χ3v) is 6.69. The van der Waals surface area contributed by atoms with E-state index in [1.165, 1.54) is 32.6 Å². The zero-order valence-corrected chi connectivity index (χ0v) is 20.5. The van der Waals surface area contributed by atoms with Gasteiger partial charge < -0.3 is 15.4 Å². The highest BCUT2D eigenvalue weighted by molar-refractivity contribution is 5.96. The summed E-state index contributed by atoms with van der Waals surface area (Å²) < 4.78 is 7.63. The van der Waals surface area contributed by atoms with Crippen molar-refractivity contribution in [2.45, 2.75) is 85.2 Å². The SMILES string of the molecule is CCCC1C2CCC(C2)C1NC(=O)c1cnn(/C=C/C(C)(C)NC(C)=O)c1OCC(C)C. The Morgan fingerprint density at radius 3 is 2.69 bits per heavy atom. The predicted octanol–water partition coefficient (Wildman–Crippen LogP) is 4.25. The zero-order chi connectivity index (χ0) is 23.5. The lowest BCUT2D eigenvalue weighted by Gasteiger charge is -2.31. The molecule has 2 fully saturated rings. The lowest BCUT2D eigenvalue weighted by Crippen LogP contribution is -2.44. The topological polar surface area (TPSA) is 85.3 Å². The van der Waals surface area contributed by atoms with Crippen LogP contribution >= 0.6 is 0 Å². The molecule has 2 amide bonds. The highest BCUT2D eigenvalue weighted by Gasteiger charge is 2.47. The van der Waals surface area contributed by atoms with Gasteiger partial charge in [-0.2, -0.15) is 5.10 Å². The van der Waals surface area contributed by atoms with E-state index in [1.54, 1.807) is 17.1 Å². The van der Waals surface area contributed by atoms with E-state index in [2.05, 4.69) is 36.5 Å². The molecule has 7 nitrogen and oxygen atoms in total. The molecule has 1 aromatic rings. The summed E-state index contributed by atoms with van der Waals surface area (Å²) in [6.45, 7) is 12.1. The number of fused-ring (bicyclic) bond motifs is 2. The summed E-state index contributed by atoms with van der Waals surface area (Å²) in [6, 6.07) is 0.247. The molecule has 2 N–H and O–H groups in total. The number of carbonyl (C=O) groups excluding carboxylic acids is 2. The molecule has 0 spiro atoms. The average molecular weight is 445 g/mol. The highest BCUT2D eigenvalue weighted by Crippen LogP contribution is 2.50. The lowest BCUT2D eigenvalue weighted by molar-refractivity contribution is -0.120.